The molecule has 4 rings (SSSR count). The van der Waals surface area contributed by atoms with Crippen LogP contribution in [0.15, 0.2) is 54.6 Å². The number of ether oxygens (including phenoxy) is 1. The molecule has 3 aromatic heterocycles. The molecule has 4 aromatic rings. The fourth-order valence-electron chi connectivity index (χ4n) is 4.85. The Morgan fingerprint density at radius 2 is 1.23 bits per heavy atom. The summed E-state index contributed by atoms with van der Waals surface area (Å²) < 4.78 is 21.0. The van der Waals surface area contributed by atoms with E-state index in [0.717, 1.165) is 29.7 Å². The molecule has 0 bridgehead atoms. The summed E-state index contributed by atoms with van der Waals surface area (Å²) in [5, 5.41) is 0. The Labute approximate surface area is 247 Å². The molecule has 1 nitrogen and oxygen atoms in total. The zero-order valence-electron chi connectivity index (χ0n) is 23.8. The van der Waals surface area contributed by atoms with Crippen molar-refractivity contribution in [1.82, 2.24) is 0 Å². The lowest BCUT2D eigenvalue weighted by atomic mass is 10.1. The SMILES string of the molecule is CCCCCCCCc1ccc(-c2ccc(-c3ccc(-c4ccc(O[C@H](CC)CCCCC)c(F)c4)s3)s2)s1. The van der Waals surface area contributed by atoms with E-state index in [9.17, 15) is 4.39 Å². The normalized spacial score (nSPS) is 12.2. The second kappa shape index (κ2) is 15.7. The minimum atomic E-state index is -0.274. The van der Waals surface area contributed by atoms with Gasteiger partial charge in [-0.3, -0.25) is 0 Å². The van der Waals surface area contributed by atoms with Crippen LogP contribution in [0, 0.1) is 5.82 Å². The molecule has 0 saturated carbocycles. The van der Waals surface area contributed by atoms with Crippen molar-refractivity contribution in [2.75, 3.05) is 0 Å². The predicted molar refractivity (Wildman–Crippen MR) is 172 cm³/mol. The zero-order chi connectivity index (χ0) is 27.5. The van der Waals surface area contributed by atoms with E-state index < -0.39 is 0 Å². The van der Waals surface area contributed by atoms with Crippen molar-refractivity contribution in [2.24, 2.45) is 0 Å². The quantitative estimate of drug-likeness (QED) is 0.113. The first-order valence-corrected chi connectivity index (χ1v) is 17.3. The van der Waals surface area contributed by atoms with Gasteiger partial charge in [-0.15, -0.1) is 34.0 Å². The number of aryl methyl sites for hydroxylation is 1. The largest absolute Gasteiger partial charge is 0.487 e. The summed E-state index contributed by atoms with van der Waals surface area (Å²) in [4.78, 5) is 7.77. The van der Waals surface area contributed by atoms with E-state index in [1.54, 1.807) is 23.5 Å². The van der Waals surface area contributed by atoms with Crippen LogP contribution in [0.2, 0.25) is 0 Å². The van der Waals surface area contributed by atoms with Crippen LogP contribution in [0.25, 0.3) is 29.9 Å². The van der Waals surface area contributed by atoms with Crippen molar-refractivity contribution >= 4 is 34.0 Å². The Morgan fingerprint density at radius 1 is 0.641 bits per heavy atom. The molecule has 210 valence electrons. The highest BCUT2D eigenvalue weighted by Crippen LogP contribution is 2.42. The van der Waals surface area contributed by atoms with Crippen molar-refractivity contribution in [2.45, 2.75) is 104 Å². The van der Waals surface area contributed by atoms with Gasteiger partial charge in [0.2, 0.25) is 0 Å². The van der Waals surface area contributed by atoms with E-state index >= 15 is 0 Å². The molecule has 0 aliphatic carbocycles. The molecule has 3 heterocycles. The van der Waals surface area contributed by atoms with Crippen molar-refractivity contribution in [3.05, 3.63) is 65.3 Å². The van der Waals surface area contributed by atoms with Crippen LogP contribution >= 0.6 is 34.0 Å². The topological polar surface area (TPSA) is 9.23 Å². The molecule has 0 unspecified atom stereocenters. The van der Waals surface area contributed by atoms with Gasteiger partial charge in [-0.25, -0.2) is 4.39 Å². The van der Waals surface area contributed by atoms with Crippen LogP contribution in [-0.2, 0) is 6.42 Å². The van der Waals surface area contributed by atoms with E-state index in [1.165, 1.54) is 82.2 Å². The Bertz CT molecular complexity index is 1270. The Morgan fingerprint density at radius 3 is 1.92 bits per heavy atom. The van der Waals surface area contributed by atoms with Gasteiger partial charge in [0.15, 0.2) is 11.6 Å². The van der Waals surface area contributed by atoms with E-state index in [1.807, 2.05) is 28.7 Å². The van der Waals surface area contributed by atoms with Crippen LogP contribution in [0.3, 0.4) is 0 Å². The molecule has 0 radical (unpaired) electrons. The zero-order valence-corrected chi connectivity index (χ0v) is 26.2. The second-order valence-corrected chi connectivity index (χ2v) is 13.7. The van der Waals surface area contributed by atoms with Crippen LogP contribution < -0.4 is 4.74 Å². The third kappa shape index (κ3) is 8.77. The van der Waals surface area contributed by atoms with Crippen molar-refractivity contribution in [1.29, 1.82) is 0 Å². The molecule has 0 spiro atoms. The smallest absolute Gasteiger partial charge is 0.165 e. The van der Waals surface area contributed by atoms with Gasteiger partial charge < -0.3 is 4.74 Å². The predicted octanol–water partition coefficient (Wildman–Crippen LogP) is 12.7. The van der Waals surface area contributed by atoms with Gasteiger partial charge >= 0.3 is 0 Å². The summed E-state index contributed by atoms with van der Waals surface area (Å²) in [6, 6.07) is 18.8. The molecule has 0 fully saturated rings. The fraction of sp³-hybridized carbons (Fsp3) is 0.471. The standard InChI is InChI=1S/C34H43FOS3/c1-4-7-9-10-11-13-15-27-17-19-31(37-27)32-22-23-34(39-32)33-21-20-30(38-33)25-16-18-29(28(35)24-25)36-26(6-3)14-12-8-5-2/h16-24,26H,4-15H2,1-3H3/t26-/m1/s1. The van der Waals surface area contributed by atoms with Gasteiger partial charge in [0.05, 0.1) is 6.10 Å². The lowest BCUT2D eigenvalue weighted by molar-refractivity contribution is 0.175. The highest BCUT2D eigenvalue weighted by Gasteiger charge is 2.15. The number of halogens is 1. The lowest BCUT2D eigenvalue weighted by Gasteiger charge is -2.18. The van der Waals surface area contributed by atoms with Gasteiger partial charge in [-0.2, -0.15) is 0 Å². The van der Waals surface area contributed by atoms with Gasteiger partial charge in [-0.05, 0) is 92.3 Å². The molecule has 0 saturated heterocycles. The first kappa shape index (κ1) is 30.0. The van der Waals surface area contributed by atoms with Crippen molar-refractivity contribution < 1.29 is 9.13 Å². The van der Waals surface area contributed by atoms with Crippen molar-refractivity contribution in [3.8, 4) is 35.7 Å². The highest BCUT2D eigenvalue weighted by atomic mass is 32.1. The summed E-state index contributed by atoms with van der Waals surface area (Å²) in [5.41, 5.74) is 0.907. The second-order valence-electron chi connectivity index (χ2n) is 10.4. The molecule has 0 amide bonds. The van der Waals surface area contributed by atoms with Gasteiger partial charge in [0.25, 0.3) is 0 Å². The molecular weight excluding hydrogens is 540 g/mol. The van der Waals surface area contributed by atoms with Crippen LogP contribution in [0.1, 0.15) is 96.3 Å². The molecule has 1 aromatic carbocycles. The maximum Gasteiger partial charge on any atom is 0.165 e. The van der Waals surface area contributed by atoms with Gasteiger partial charge in [0, 0.05) is 29.3 Å². The molecule has 39 heavy (non-hydrogen) atoms. The first-order valence-electron chi connectivity index (χ1n) is 14.9. The number of hydrogen-bond donors (Lipinski definition) is 0. The summed E-state index contributed by atoms with van der Waals surface area (Å²) in [6.07, 6.45) is 14.7. The van der Waals surface area contributed by atoms with E-state index in [2.05, 4.69) is 57.2 Å². The Hall–Kier alpha value is -1.95. The molecule has 1 atom stereocenters. The number of thiophene rings is 3. The first-order chi connectivity index (χ1) is 19.1. The number of hydrogen-bond acceptors (Lipinski definition) is 4. The van der Waals surface area contributed by atoms with Gasteiger partial charge in [-0.1, -0.05) is 65.7 Å². The lowest BCUT2D eigenvalue weighted by Crippen LogP contribution is -2.15. The third-order valence-electron chi connectivity index (χ3n) is 7.23. The van der Waals surface area contributed by atoms with E-state index in [4.69, 9.17) is 4.74 Å². The number of rotatable bonds is 17. The molecule has 5 heteroatoms. The van der Waals surface area contributed by atoms with Crippen LogP contribution in [-0.4, -0.2) is 6.10 Å². The Kier molecular flexibility index (Phi) is 12.1. The summed E-state index contributed by atoms with van der Waals surface area (Å²) in [6.45, 7) is 6.58. The minimum Gasteiger partial charge on any atom is -0.487 e. The molecule has 0 N–H and O–H groups in total. The maximum atomic E-state index is 15.0. The third-order valence-corrected chi connectivity index (χ3v) is 11.0. The maximum absolute atomic E-state index is 15.0. The number of unbranched alkanes of at least 4 members (excludes halogenated alkanes) is 7. The monoisotopic (exact) mass is 582 g/mol. The summed E-state index contributed by atoms with van der Waals surface area (Å²) in [7, 11) is 0. The Balaban J connectivity index is 1.36. The molecular formula is C34H43FOS3. The molecule has 0 aliphatic rings. The average Bonchev–Trinajstić information content (AvgIpc) is 3.72. The van der Waals surface area contributed by atoms with Crippen LogP contribution in [0.5, 0.6) is 5.75 Å². The summed E-state index contributed by atoms with van der Waals surface area (Å²) >= 11 is 5.51. The van der Waals surface area contributed by atoms with Crippen LogP contribution in [0.4, 0.5) is 4.39 Å². The van der Waals surface area contributed by atoms with E-state index in [-0.39, 0.29) is 11.9 Å². The van der Waals surface area contributed by atoms with Gasteiger partial charge in [0.1, 0.15) is 0 Å². The average molecular weight is 583 g/mol. The number of benzene rings is 1. The molecule has 0 aliphatic heterocycles. The minimum absolute atomic E-state index is 0.0771. The van der Waals surface area contributed by atoms with Crippen molar-refractivity contribution in [3.63, 3.8) is 0 Å². The highest BCUT2D eigenvalue weighted by molar-refractivity contribution is 7.27. The van der Waals surface area contributed by atoms with E-state index in [0.29, 0.717) is 5.75 Å². The fourth-order valence-corrected chi connectivity index (χ4v) is 8.09. The summed E-state index contributed by atoms with van der Waals surface area (Å²) in [5.74, 6) is 0.0952.